The van der Waals surface area contributed by atoms with Crippen LogP contribution in [0.4, 0.5) is 0 Å². The van der Waals surface area contributed by atoms with Crippen molar-refractivity contribution >= 4 is 23.4 Å². The molecule has 154 valence electrons. The molecule has 1 fully saturated rings. The van der Waals surface area contributed by atoms with E-state index in [4.69, 9.17) is 16.3 Å². The number of para-hydroxylation sites is 1. The summed E-state index contributed by atoms with van der Waals surface area (Å²) in [7, 11) is 0. The Morgan fingerprint density at radius 2 is 1.76 bits per heavy atom. The van der Waals surface area contributed by atoms with Crippen LogP contribution >= 0.6 is 11.6 Å². The van der Waals surface area contributed by atoms with Gasteiger partial charge in [-0.1, -0.05) is 41.9 Å². The smallest absolute Gasteiger partial charge is 0.260 e. The van der Waals surface area contributed by atoms with Crippen molar-refractivity contribution in [2.24, 2.45) is 5.92 Å². The second-order valence-corrected chi connectivity index (χ2v) is 7.93. The second-order valence-electron chi connectivity index (χ2n) is 7.50. The van der Waals surface area contributed by atoms with Gasteiger partial charge in [0.2, 0.25) is 5.91 Å². The number of nitrogens with one attached hydrogen (secondary N) is 1. The first kappa shape index (κ1) is 21.2. The standard InChI is InChI=1S/C23H27ClN2O3/c1-17(15-18-7-9-20(24)10-8-18)25-23(28)19-11-13-26(14-12-19)22(27)16-29-21-5-3-2-4-6-21/h2-10,17,19H,11-16H2,1H3,(H,25,28). The van der Waals surface area contributed by atoms with Gasteiger partial charge in [-0.25, -0.2) is 0 Å². The first-order chi connectivity index (χ1) is 14.0. The molecular weight excluding hydrogens is 388 g/mol. The third kappa shape index (κ3) is 6.50. The lowest BCUT2D eigenvalue weighted by Crippen LogP contribution is -2.46. The number of likely N-dealkylation sites (tertiary alicyclic amines) is 1. The first-order valence-corrected chi connectivity index (χ1v) is 10.4. The van der Waals surface area contributed by atoms with Crippen molar-refractivity contribution in [3.63, 3.8) is 0 Å². The number of nitrogens with zero attached hydrogens (tertiary/aromatic N) is 1. The summed E-state index contributed by atoms with van der Waals surface area (Å²) in [5.74, 6) is 0.662. The van der Waals surface area contributed by atoms with Crippen molar-refractivity contribution in [2.75, 3.05) is 19.7 Å². The van der Waals surface area contributed by atoms with Crippen molar-refractivity contribution in [1.29, 1.82) is 0 Å². The van der Waals surface area contributed by atoms with E-state index in [2.05, 4.69) is 5.32 Å². The highest BCUT2D eigenvalue weighted by Gasteiger charge is 2.28. The third-order valence-corrected chi connectivity index (χ3v) is 5.42. The lowest BCUT2D eigenvalue weighted by atomic mass is 9.95. The zero-order valence-corrected chi connectivity index (χ0v) is 17.4. The molecule has 0 aromatic heterocycles. The lowest BCUT2D eigenvalue weighted by Gasteiger charge is -2.32. The maximum Gasteiger partial charge on any atom is 0.260 e. The van der Waals surface area contributed by atoms with E-state index in [1.807, 2.05) is 61.5 Å². The molecule has 2 aromatic carbocycles. The Kier molecular flexibility index (Phi) is 7.53. The molecule has 0 spiro atoms. The van der Waals surface area contributed by atoms with Crippen LogP contribution in [0.2, 0.25) is 5.02 Å². The number of benzene rings is 2. The Hall–Kier alpha value is -2.53. The maximum atomic E-state index is 12.6. The van der Waals surface area contributed by atoms with Gasteiger partial charge in [-0.3, -0.25) is 9.59 Å². The molecule has 0 aliphatic carbocycles. The maximum absolute atomic E-state index is 12.6. The van der Waals surface area contributed by atoms with E-state index in [0.717, 1.165) is 12.0 Å². The van der Waals surface area contributed by atoms with Gasteiger partial charge in [-0.15, -0.1) is 0 Å². The number of piperidine rings is 1. The van der Waals surface area contributed by atoms with Crippen LogP contribution in [0.5, 0.6) is 5.75 Å². The van der Waals surface area contributed by atoms with Gasteiger partial charge in [0, 0.05) is 30.1 Å². The minimum Gasteiger partial charge on any atom is -0.484 e. The largest absolute Gasteiger partial charge is 0.484 e. The second kappa shape index (κ2) is 10.3. The average Bonchev–Trinajstić information content (AvgIpc) is 2.74. The van der Waals surface area contributed by atoms with Crippen LogP contribution in [-0.2, 0) is 16.0 Å². The fourth-order valence-corrected chi connectivity index (χ4v) is 3.66. The molecule has 0 radical (unpaired) electrons. The number of hydrogen-bond acceptors (Lipinski definition) is 3. The SMILES string of the molecule is CC(Cc1ccc(Cl)cc1)NC(=O)C1CCN(C(=O)COc2ccccc2)CC1. The Labute approximate surface area is 177 Å². The van der Waals surface area contributed by atoms with E-state index in [9.17, 15) is 9.59 Å². The Morgan fingerprint density at radius 1 is 1.10 bits per heavy atom. The van der Waals surface area contributed by atoms with Crippen molar-refractivity contribution in [1.82, 2.24) is 10.2 Å². The van der Waals surface area contributed by atoms with Crippen molar-refractivity contribution in [3.8, 4) is 5.75 Å². The summed E-state index contributed by atoms with van der Waals surface area (Å²) in [5.41, 5.74) is 1.14. The molecule has 1 N–H and O–H groups in total. The molecule has 0 bridgehead atoms. The van der Waals surface area contributed by atoms with E-state index in [1.54, 1.807) is 4.90 Å². The van der Waals surface area contributed by atoms with Crippen LogP contribution < -0.4 is 10.1 Å². The van der Waals surface area contributed by atoms with Gasteiger partial charge in [0.05, 0.1) is 0 Å². The molecule has 6 heteroatoms. The zero-order valence-electron chi connectivity index (χ0n) is 16.6. The first-order valence-electron chi connectivity index (χ1n) is 10.0. The molecule has 1 atom stereocenters. The van der Waals surface area contributed by atoms with Gasteiger partial charge in [0.15, 0.2) is 6.61 Å². The van der Waals surface area contributed by atoms with Crippen LogP contribution in [-0.4, -0.2) is 42.5 Å². The van der Waals surface area contributed by atoms with Gasteiger partial charge < -0.3 is 15.0 Å². The molecule has 29 heavy (non-hydrogen) atoms. The summed E-state index contributed by atoms with van der Waals surface area (Å²) < 4.78 is 5.53. The van der Waals surface area contributed by atoms with Gasteiger partial charge >= 0.3 is 0 Å². The molecule has 3 rings (SSSR count). The lowest BCUT2D eigenvalue weighted by molar-refractivity contribution is -0.137. The molecule has 1 saturated heterocycles. The van der Waals surface area contributed by atoms with Gasteiger partial charge in [0.25, 0.3) is 5.91 Å². The highest BCUT2D eigenvalue weighted by Crippen LogP contribution is 2.19. The normalized spacial score (nSPS) is 15.6. The van der Waals surface area contributed by atoms with E-state index < -0.39 is 0 Å². The zero-order chi connectivity index (χ0) is 20.6. The molecule has 2 amide bonds. The quantitative estimate of drug-likeness (QED) is 0.751. The molecule has 0 saturated carbocycles. The number of amides is 2. The molecule has 1 heterocycles. The van der Waals surface area contributed by atoms with Crippen molar-refractivity contribution in [3.05, 3.63) is 65.2 Å². The van der Waals surface area contributed by atoms with Crippen LogP contribution in [0.1, 0.15) is 25.3 Å². The molecule has 2 aromatic rings. The summed E-state index contributed by atoms with van der Waals surface area (Å²) in [6.07, 6.45) is 2.12. The Balaban J connectivity index is 1.39. The number of halogens is 1. The summed E-state index contributed by atoms with van der Waals surface area (Å²) in [4.78, 5) is 26.7. The highest BCUT2D eigenvalue weighted by atomic mass is 35.5. The fraction of sp³-hybridized carbons (Fsp3) is 0.391. The van der Waals surface area contributed by atoms with Crippen molar-refractivity contribution < 1.29 is 14.3 Å². The highest BCUT2D eigenvalue weighted by molar-refractivity contribution is 6.30. The van der Waals surface area contributed by atoms with E-state index in [1.165, 1.54) is 0 Å². The number of carbonyl (C=O) groups is 2. The number of rotatable bonds is 7. The number of carbonyl (C=O) groups excluding carboxylic acids is 2. The summed E-state index contributed by atoms with van der Waals surface area (Å²) in [6.45, 7) is 3.20. The van der Waals surface area contributed by atoms with E-state index in [0.29, 0.717) is 36.7 Å². The summed E-state index contributed by atoms with van der Waals surface area (Å²) >= 11 is 5.91. The molecule has 5 nitrogen and oxygen atoms in total. The summed E-state index contributed by atoms with van der Waals surface area (Å²) in [6, 6.07) is 17.0. The molecule has 1 aliphatic rings. The van der Waals surface area contributed by atoms with Crippen LogP contribution in [0.15, 0.2) is 54.6 Å². The van der Waals surface area contributed by atoms with Crippen LogP contribution in [0.3, 0.4) is 0 Å². The Bertz CT molecular complexity index is 803. The molecular formula is C23H27ClN2O3. The van der Waals surface area contributed by atoms with E-state index in [-0.39, 0.29) is 30.4 Å². The van der Waals surface area contributed by atoms with Crippen LogP contribution in [0, 0.1) is 5.92 Å². The third-order valence-electron chi connectivity index (χ3n) is 5.17. The number of ether oxygens (including phenoxy) is 1. The van der Waals surface area contributed by atoms with Gasteiger partial charge in [-0.2, -0.15) is 0 Å². The van der Waals surface area contributed by atoms with Crippen molar-refractivity contribution in [2.45, 2.75) is 32.2 Å². The molecule has 1 aliphatic heterocycles. The van der Waals surface area contributed by atoms with Gasteiger partial charge in [-0.05, 0) is 56.0 Å². The van der Waals surface area contributed by atoms with Gasteiger partial charge in [0.1, 0.15) is 5.75 Å². The predicted octanol–water partition coefficient (Wildman–Crippen LogP) is 3.70. The van der Waals surface area contributed by atoms with Crippen LogP contribution in [0.25, 0.3) is 0 Å². The fourth-order valence-electron chi connectivity index (χ4n) is 3.53. The minimum atomic E-state index is -0.0539. The predicted molar refractivity (Wildman–Crippen MR) is 114 cm³/mol. The topological polar surface area (TPSA) is 58.6 Å². The minimum absolute atomic E-state index is 0.0268. The molecule has 1 unspecified atom stereocenters. The average molecular weight is 415 g/mol. The number of hydrogen-bond donors (Lipinski definition) is 1. The monoisotopic (exact) mass is 414 g/mol. The Morgan fingerprint density at radius 3 is 2.41 bits per heavy atom. The van der Waals surface area contributed by atoms with E-state index >= 15 is 0 Å². The summed E-state index contributed by atoms with van der Waals surface area (Å²) in [5, 5.41) is 3.81.